The van der Waals surface area contributed by atoms with Crippen LogP contribution in [0.15, 0.2) is 23.3 Å². The molecule has 0 spiro atoms. The van der Waals surface area contributed by atoms with Crippen molar-refractivity contribution in [3.8, 4) is 0 Å². The molecular formula is C25H29FN2O2. The maximum absolute atomic E-state index is 14.6. The Morgan fingerprint density at radius 3 is 2.73 bits per heavy atom. The summed E-state index contributed by atoms with van der Waals surface area (Å²) in [5.41, 5.74) is 8.77. The molecular weight excluding hydrogens is 379 g/mol. The largest absolute Gasteiger partial charge is 0.380 e. The van der Waals surface area contributed by atoms with E-state index in [1.54, 1.807) is 13.2 Å². The van der Waals surface area contributed by atoms with Gasteiger partial charge in [0.2, 0.25) is 0 Å². The van der Waals surface area contributed by atoms with Gasteiger partial charge in [0.15, 0.2) is 0 Å². The third kappa shape index (κ3) is 3.35. The molecule has 0 radical (unpaired) electrons. The molecule has 4 rings (SSSR count). The Morgan fingerprint density at radius 2 is 2.03 bits per heavy atom. The monoisotopic (exact) mass is 408 g/mol. The smallest absolute Gasteiger partial charge is 0.148 e. The highest BCUT2D eigenvalue weighted by molar-refractivity contribution is 5.92. The van der Waals surface area contributed by atoms with Gasteiger partial charge in [-0.15, -0.1) is 0 Å². The number of pyridine rings is 1. The molecule has 0 fully saturated rings. The van der Waals surface area contributed by atoms with Crippen LogP contribution in [0.4, 0.5) is 4.39 Å². The number of hydrogen-bond acceptors (Lipinski definition) is 4. The number of aromatic nitrogens is 1. The van der Waals surface area contributed by atoms with Crippen LogP contribution in [0.1, 0.15) is 54.1 Å². The molecule has 5 heteroatoms. The number of benzene rings is 1. The molecule has 0 saturated heterocycles. The summed E-state index contributed by atoms with van der Waals surface area (Å²) >= 11 is 0. The summed E-state index contributed by atoms with van der Waals surface area (Å²) in [6.45, 7) is 5.06. The van der Waals surface area contributed by atoms with Gasteiger partial charge in [-0.25, -0.2) is 9.37 Å². The third-order valence-corrected chi connectivity index (χ3v) is 6.40. The van der Waals surface area contributed by atoms with E-state index in [9.17, 15) is 9.18 Å². The second-order valence-corrected chi connectivity index (χ2v) is 8.36. The van der Waals surface area contributed by atoms with Gasteiger partial charge in [0.1, 0.15) is 12.1 Å². The van der Waals surface area contributed by atoms with Crippen LogP contribution in [0.5, 0.6) is 0 Å². The first kappa shape index (κ1) is 20.7. The molecule has 0 N–H and O–H groups in total. The van der Waals surface area contributed by atoms with E-state index in [1.165, 1.54) is 11.1 Å². The summed E-state index contributed by atoms with van der Waals surface area (Å²) in [4.78, 5) is 18.8. The maximum Gasteiger partial charge on any atom is 0.148 e. The van der Waals surface area contributed by atoms with Crippen LogP contribution in [0, 0.1) is 12.7 Å². The van der Waals surface area contributed by atoms with Crippen LogP contribution in [0.25, 0.3) is 16.6 Å². The van der Waals surface area contributed by atoms with Gasteiger partial charge >= 0.3 is 0 Å². The zero-order valence-electron chi connectivity index (χ0n) is 18.3. The number of carbonyl (C=O) groups excluding carboxylic acids is 1. The van der Waals surface area contributed by atoms with Crippen molar-refractivity contribution >= 4 is 22.9 Å². The van der Waals surface area contributed by atoms with Crippen LogP contribution in [-0.4, -0.2) is 36.9 Å². The van der Waals surface area contributed by atoms with E-state index in [-0.39, 0.29) is 5.82 Å². The Balaban J connectivity index is 1.95. The summed E-state index contributed by atoms with van der Waals surface area (Å²) < 4.78 is 19.8. The Labute approximate surface area is 177 Å². The van der Waals surface area contributed by atoms with E-state index in [2.05, 4.69) is 24.9 Å². The lowest BCUT2D eigenvalue weighted by Crippen LogP contribution is -2.10. The number of nitrogens with zero attached hydrogens (tertiary/aromatic N) is 2. The highest BCUT2D eigenvalue weighted by Crippen LogP contribution is 2.41. The first-order valence-corrected chi connectivity index (χ1v) is 10.7. The molecule has 2 heterocycles. The SMILES string of the molecule is CCCC(/C=C1/c2nc3cc(F)c(C)c4c3c(c2CN1C)CCC4)=C(/C=O)COC. The van der Waals surface area contributed by atoms with Crippen molar-refractivity contribution in [2.45, 2.75) is 52.5 Å². The van der Waals surface area contributed by atoms with Gasteiger partial charge in [0.25, 0.3) is 0 Å². The van der Waals surface area contributed by atoms with E-state index in [0.717, 1.165) is 83.9 Å². The van der Waals surface area contributed by atoms with E-state index in [1.807, 2.05) is 6.92 Å². The van der Waals surface area contributed by atoms with Crippen molar-refractivity contribution in [1.29, 1.82) is 0 Å². The molecule has 0 saturated carbocycles. The van der Waals surface area contributed by atoms with Crippen molar-refractivity contribution in [2.24, 2.45) is 0 Å². The van der Waals surface area contributed by atoms with Crippen LogP contribution in [0.2, 0.25) is 0 Å². The number of aryl methyl sites for hydroxylation is 2. The second kappa shape index (κ2) is 8.31. The van der Waals surface area contributed by atoms with Crippen molar-refractivity contribution in [1.82, 2.24) is 9.88 Å². The average Bonchev–Trinajstić information content (AvgIpc) is 3.05. The molecule has 2 aliphatic rings. The number of allylic oxidation sites excluding steroid dienone is 2. The number of hydrogen-bond donors (Lipinski definition) is 0. The van der Waals surface area contributed by atoms with E-state index in [4.69, 9.17) is 9.72 Å². The number of halogens is 1. The Bertz CT molecular complexity index is 1080. The average molecular weight is 409 g/mol. The lowest BCUT2D eigenvalue weighted by Gasteiger charge is -2.21. The van der Waals surface area contributed by atoms with Crippen molar-refractivity contribution < 1.29 is 13.9 Å². The maximum atomic E-state index is 14.6. The highest BCUT2D eigenvalue weighted by atomic mass is 19.1. The Kier molecular flexibility index (Phi) is 5.74. The van der Waals surface area contributed by atoms with Crippen molar-refractivity contribution in [2.75, 3.05) is 20.8 Å². The molecule has 0 bridgehead atoms. The topological polar surface area (TPSA) is 42.4 Å². The predicted molar refractivity (Wildman–Crippen MR) is 118 cm³/mol. The molecule has 0 atom stereocenters. The van der Waals surface area contributed by atoms with Gasteiger partial charge in [0.05, 0.1) is 23.5 Å². The van der Waals surface area contributed by atoms with Crippen LogP contribution >= 0.6 is 0 Å². The summed E-state index contributed by atoms with van der Waals surface area (Å²) in [6.07, 6.45) is 7.65. The second-order valence-electron chi connectivity index (χ2n) is 8.36. The fraction of sp³-hybridized carbons (Fsp3) is 0.440. The molecule has 4 nitrogen and oxygen atoms in total. The minimum absolute atomic E-state index is 0.176. The lowest BCUT2D eigenvalue weighted by atomic mass is 9.85. The number of ether oxygens (including phenoxy) is 1. The quantitative estimate of drug-likeness (QED) is 0.504. The summed E-state index contributed by atoms with van der Waals surface area (Å²) in [5.74, 6) is -0.176. The number of aldehydes is 1. The Morgan fingerprint density at radius 1 is 1.27 bits per heavy atom. The molecule has 0 amide bonds. The minimum atomic E-state index is -0.176. The first-order chi connectivity index (χ1) is 14.5. The molecule has 0 unspecified atom stereocenters. The number of fused-ring (bicyclic) bond motifs is 2. The minimum Gasteiger partial charge on any atom is -0.380 e. The zero-order valence-corrected chi connectivity index (χ0v) is 18.3. The highest BCUT2D eigenvalue weighted by Gasteiger charge is 2.30. The number of rotatable bonds is 6. The fourth-order valence-corrected chi connectivity index (χ4v) is 4.91. The van der Waals surface area contributed by atoms with Crippen LogP contribution in [-0.2, 0) is 28.9 Å². The van der Waals surface area contributed by atoms with Gasteiger partial charge in [-0.1, -0.05) is 13.3 Å². The molecule has 1 aliphatic carbocycles. The fourth-order valence-electron chi connectivity index (χ4n) is 4.91. The third-order valence-electron chi connectivity index (χ3n) is 6.40. The molecule has 30 heavy (non-hydrogen) atoms. The van der Waals surface area contributed by atoms with Gasteiger partial charge in [-0.05, 0) is 60.9 Å². The zero-order chi connectivity index (χ0) is 21.4. The first-order valence-electron chi connectivity index (χ1n) is 10.7. The summed E-state index contributed by atoms with van der Waals surface area (Å²) in [5, 5.41) is 1.16. The molecule has 158 valence electrons. The van der Waals surface area contributed by atoms with Gasteiger partial charge in [-0.2, -0.15) is 0 Å². The predicted octanol–water partition coefficient (Wildman–Crippen LogP) is 4.90. The number of carbonyl (C=O) groups is 1. The van der Waals surface area contributed by atoms with E-state index >= 15 is 0 Å². The summed E-state index contributed by atoms with van der Waals surface area (Å²) in [7, 11) is 3.66. The normalized spacial score (nSPS) is 17.5. The molecule has 2 aromatic rings. The Hall–Kier alpha value is -2.53. The van der Waals surface area contributed by atoms with E-state index in [0.29, 0.717) is 12.2 Å². The molecule has 1 aromatic carbocycles. The van der Waals surface area contributed by atoms with Crippen LogP contribution < -0.4 is 0 Å². The van der Waals surface area contributed by atoms with Gasteiger partial charge < -0.3 is 9.64 Å². The standard InChI is InChI=1S/C25H29FN2O2/c1-5-7-16(17(13-29)14-30-4)10-23-25-20(12-28(23)3)19-9-6-8-18-15(2)21(26)11-22(27-25)24(18)19/h10-11,13H,5-9,12,14H2,1-4H3/b17-16+,23-10-. The van der Waals surface area contributed by atoms with Gasteiger partial charge in [-0.3, -0.25) is 4.79 Å². The van der Waals surface area contributed by atoms with Crippen LogP contribution in [0.3, 0.4) is 0 Å². The lowest BCUT2D eigenvalue weighted by molar-refractivity contribution is -0.105. The number of methoxy groups -OCH3 is 1. The summed E-state index contributed by atoms with van der Waals surface area (Å²) in [6, 6.07) is 1.59. The molecule has 1 aromatic heterocycles. The van der Waals surface area contributed by atoms with E-state index < -0.39 is 0 Å². The van der Waals surface area contributed by atoms with Crippen molar-refractivity contribution in [3.63, 3.8) is 0 Å². The van der Waals surface area contributed by atoms with Gasteiger partial charge in [0, 0.05) is 43.3 Å². The van der Waals surface area contributed by atoms with Crippen molar-refractivity contribution in [3.05, 3.63) is 57.1 Å². The molecule has 1 aliphatic heterocycles.